The van der Waals surface area contributed by atoms with Crippen LogP contribution < -0.4 is 4.90 Å². The standard InChI is InChI=1S/C38H34ClFN2O6/c1-3-5-21-6-4-7-26(33(21)44)32-24-13-14-25-31(36(47)41(34(25)45)17-16-20-8-11-23(43)12-9-20)27(24)19-28-35(46)42(37(48)38(28,32)2)22-10-15-30(40)29(39)18-22/h3-4,6-13,15,18,25,27-28,31-32,43-44H,1,5,14,16-17,19H2,2H3/t25-,27+,28-,31-,32+,38+/m0/s1. The molecule has 246 valence electrons. The summed E-state index contributed by atoms with van der Waals surface area (Å²) in [6, 6.07) is 15.6. The van der Waals surface area contributed by atoms with E-state index in [1.54, 1.807) is 55.5 Å². The van der Waals surface area contributed by atoms with Crippen LogP contribution in [0.2, 0.25) is 5.02 Å². The Morgan fingerprint density at radius 1 is 1.00 bits per heavy atom. The van der Waals surface area contributed by atoms with Gasteiger partial charge in [0.25, 0.3) is 0 Å². The number of hydrogen-bond acceptors (Lipinski definition) is 6. The van der Waals surface area contributed by atoms with Crippen molar-refractivity contribution in [2.75, 3.05) is 11.4 Å². The van der Waals surface area contributed by atoms with E-state index in [0.717, 1.165) is 22.1 Å². The zero-order chi connectivity index (χ0) is 34.1. The number of likely N-dealkylation sites (tertiary alicyclic amines) is 1. The molecule has 48 heavy (non-hydrogen) atoms. The Bertz CT molecular complexity index is 1920. The molecule has 1 saturated carbocycles. The molecule has 0 radical (unpaired) electrons. The van der Waals surface area contributed by atoms with Crippen molar-refractivity contribution in [3.05, 3.63) is 112 Å². The number of imide groups is 2. The zero-order valence-electron chi connectivity index (χ0n) is 26.2. The lowest BCUT2D eigenvalue weighted by molar-refractivity contribution is -0.140. The number of amides is 4. The van der Waals surface area contributed by atoms with Crippen molar-refractivity contribution in [1.82, 2.24) is 4.90 Å². The van der Waals surface area contributed by atoms with Gasteiger partial charge in [-0.1, -0.05) is 59.7 Å². The number of halogens is 2. The first kappa shape index (κ1) is 31.8. The predicted molar refractivity (Wildman–Crippen MR) is 177 cm³/mol. The number of carbonyl (C=O) groups excluding carboxylic acids is 4. The van der Waals surface area contributed by atoms with Gasteiger partial charge in [0.15, 0.2) is 0 Å². The summed E-state index contributed by atoms with van der Waals surface area (Å²) in [5.41, 5.74) is 1.44. The molecule has 2 heterocycles. The summed E-state index contributed by atoms with van der Waals surface area (Å²) in [5.74, 6) is -5.77. The Hall–Kier alpha value is -4.76. The lowest BCUT2D eigenvalue weighted by Crippen LogP contribution is -2.49. The normalized spacial score (nSPS) is 27.9. The second-order valence-electron chi connectivity index (χ2n) is 13.4. The van der Waals surface area contributed by atoms with Gasteiger partial charge in [-0.25, -0.2) is 9.29 Å². The summed E-state index contributed by atoms with van der Waals surface area (Å²) in [5, 5.41) is 21.0. The van der Waals surface area contributed by atoms with Crippen LogP contribution in [-0.4, -0.2) is 45.3 Å². The van der Waals surface area contributed by atoms with Gasteiger partial charge in [0.1, 0.15) is 17.3 Å². The highest BCUT2D eigenvalue weighted by molar-refractivity contribution is 6.31. The summed E-state index contributed by atoms with van der Waals surface area (Å²) in [4.78, 5) is 59.2. The molecule has 8 nitrogen and oxygen atoms in total. The summed E-state index contributed by atoms with van der Waals surface area (Å²) < 4.78 is 14.1. The van der Waals surface area contributed by atoms with E-state index in [1.807, 2.05) is 6.08 Å². The van der Waals surface area contributed by atoms with Crippen molar-refractivity contribution in [1.29, 1.82) is 0 Å². The zero-order valence-corrected chi connectivity index (χ0v) is 27.0. The number of para-hydroxylation sites is 1. The first-order valence-electron chi connectivity index (χ1n) is 16.1. The van der Waals surface area contributed by atoms with Gasteiger partial charge in [0.05, 0.1) is 33.9 Å². The smallest absolute Gasteiger partial charge is 0.241 e. The molecule has 0 bridgehead atoms. The summed E-state index contributed by atoms with van der Waals surface area (Å²) in [7, 11) is 0. The predicted octanol–water partition coefficient (Wildman–Crippen LogP) is 6.09. The molecule has 2 saturated heterocycles. The third-order valence-electron chi connectivity index (χ3n) is 10.9. The number of phenolic OH excluding ortho intramolecular Hbond substituents is 2. The molecular formula is C38H34ClFN2O6. The number of nitrogens with zero attached hydrogens (tertiary/aromatic N) is 2. The average molecular weight is 669 g/mol. The lowest BCUT2D eigenvalue weighted by atomic mass is 9.51. The van der Waals surface area contributed by atoms with Gasteiger partial charge in [-0.3, -0.25) is 24.1 Å². The number of rotatable bonds is 7. The Morgan fingerprint density at radius 2 is 1.75 bits per heavy atom. The SMILES string of the molecule is C=CCc1cccc([C@H]2C3=CC[C@@H]4C(=O)N(CCc5ccc(O)cc5)C(=O)[C@@H]4[C@@H]3C[C@H]3C(=O)N(c4ccc(F)c(Cl)c4)C(=O)[C@@]23C)c1O. The van der Waals surface area contributed by atoms with Crippen molar-refractivity contribution in [2.45, 2.75) is 38.5 Å². The van der Waals surface area contributed by atoms with Crippen LogP contribution in [0.4, 0.5) is 10.1 Å². The average Bonchev–Trinajstić information content (AvgIpc) is 3.42. The second kappa shape index (κ2) is 11.7. The maximum atomic E-state index is 14.6. The van der Waals surface area contributed by atoms with E-state index in [2.05, 4.69) is 6.58 Å². The number of carbonyl (C=O) groups is 4. The van der Waals surface area contributed by atoms with E-state index >= 15 is 0 Å². The molecule has 4 amide bonds. The molecule has 3 aromatic rings. The van der Waals surface area contributed by atoms with Crippen molar-refractivity contribution in [2.24, 2.45) is 29.1 Å². The molecule has 2 N–H and O–H groups in total. The second-order valence-corrected chi connectivity index (χ2v) is 13.8. The molecule has 0 spiro atoms. The minimum absolute atomic E-state index is 0.0149. The van der Waals surface area contributed by atoms with Crippen LogP contribution in [0, 0.1) is 34.9 Å². The fourth-order valence-corrected chi connectivity index (χ4v) is 8.76. The van der Waals surface area contributed by atoms with Gasteiger partial charge in [0, 0.05) is 18.0 Å². The van der Waals surface area contributed by atoms with Gasteiger partial charge in [-0.2, -0.15) is 0 Å². The van der Waals surface area contributed by atoms with E-state index in [0.29, 0.717) is 24.0 Å². The maximum absolute atomic E-state index is 14.6. The molecule has 0 unspecified atom stereocenters. The topological polar surface area (TPSA) is 115 Å². The van der Waals surface area contributed by atoms with Crippen LogP contribution in [0.1, 0.15) is 42.4 Å². The largest absolute Gasteiger partial charge is 0.508 e. The molecule has 6 atom stereocenters. The fourth-order valence-electron chi connectivity index (χ4n) is 8.58. The Balaban J connectivity index is 1.31. The number of anilines is 1. The molecule has 2 aliphatic heterocycles. The molecular weight excluding hydrogens is 635 g/mol. The van der Waals surface area contributed by atoms with E-state index < -0.39 is 52.6 Å². The van der Waals surface area contributed by atoms with E-state index in [9.17, 15) is 33.8 Å². The summed E-state index contributed by atoms with van der Waals surface area (Å²) in [6.07, 6.45) is 4.81. The van der Waals surface area contributed by atoms with Crippen molar-refractivity contribution < 1.29 is 33.8 Å². The minimum Gasteiger partial charge on any atom is -0.508 e. The van der Waals surface area contributed by atoms with Gasteiger partial charge in [-0.05, 0) is 80.0 Å². The van der Waals surface area contributed by atoms with Crippen LogP contribution >= 0.6 is 11.6 Å². The van der Waals surface area contributed by atoms with E-state index in [4.69, 9.17) is 11.6 Å². The molecule has 3 fully saturated rings. The first-order valence-corrected chi connectivity index (χ1v) is 16.4. The monoisotopic (exact) mass is 668 g/mol. The van der Waals surface area contributed by atoms with Gasteiger partial charge >= 0.3 is 0 Å². The van der Waals surface area contributed by atoms with Crippen molar-refractivity contribution in [3.8, 4) is 11.5 Å². The number of aromatic hydroxyl groups is 2. The highest BCUT2D eigenvalue weighted by Crippen LogP contribution is 2.64. The molecule has 7 rings (SSSR count). The maximum Gasteiger partial charge on any atom is 0.241 e. The van der Waals surface area contributed by atoms with Crippen molar-refractivity contribution in [3.63, 3.8) is 0 Å². The van der Waals surface area contributed by atoms with E-state index in [-0.39, 0.29) is 53.4 Å². The Morgan fingerprint density at radius 3 is 2.46 bits per heavy atom. The first-order chi connectivity index (χ1) is 23.0. The number of phenols is 2. The number of allylic oxidation sites excluding steroid dienone is 3. The lowest BCUT2D eigenvalue weighted by Gasteiger charge is -2.49. The molecule has 0 aromatic heterocycles. The van der Waals surface area contributed by atoms with Gasteiger partial charge in [0.2, 0.25) is 23.6 Å². The van der Waals surface area contributed by atoms with Crippen LogP contribution in [0.25, 0.3) is 0 Å². The fraction of sp³-hybridized carbons (Fsp3) is 0.316. The third-order valence-corrected chi connectivity index (χ3v) is 11.2. The third kappa shape index (κ3) is 4.70. The molecule has 3 aromatic carbocycles. The van der Waals surface area contributed by atoms with E-state index in [1.165, 1.54) is 17.0 Å². The van der Waals surface area contributed by atoms with Crippen LogP contribution in [0.15, 0.2) is 85.0 Å². The Kier molecular flexibility index (Phi) is 7.78. The molecule has 4 aliphatic rings. The summed E-state index contributed by atoms with van der Waals surface area (Å²) in [6.45, 7) is 5.69. The van der Waals surface area contributed by atoms with Gasteiger partial charge < -0.3 is 10.2 Å². The van der Waals surface area contributed by atoms with Crippen LogP contribution in [-0.2, 0) is 32.0 Å². The molecule has 10 heteroatoms. The number of hydrogen-bond donors (Lipinski definition) is 2. The van der Waals surface area contributed by atoms with Crippen molar-refractivity contribution >= 4 is 40.9 Å². The quantitative estimate of drug-likeness (QED) is 0.233. The number of fused-ring (bicyclic) bond motifs is 4. The van der Waals surface area contributed by atoms with Gasteiger partial charge in [-0.15, -0.1) is 6.58 Å². The van der Waals surface area contributed by atoms with Crippen LogP contribution in [0.3, 0.4) is 0 Å². The minimum atomic E-state index is -1.37. The highest BCUT2D eigenvalue weighted by atomic mass is 35.5. The highest BCUT2D eigenvalue weighted by Gasteiger charge is 2.68. The van der Waals surface area contributed by atoms with Crippen LogP contribution in [0.5, 0.6) is 11.5 Å². The Labute approximate surface area is 282 Å². The number of benzene rings is 3. The molecule has 2 aliphatic carbocycles. The summed E-state index contributed by atoms with van der Waals surface area (Å²) >= 11 is 6.08.